The molecule has 0 heterocycles. The average molecular weight is 168 g/mol. The van der Waals surface area contributed by atoms with E-state index in [1.165, 1.54) is 24.3 Å². The van der Waals surface area contributed by atoms with Crippen LogP contribution in [0.25, 0.3) is 0 Å². The lowest BCUT2D eigenvalue weighted by Gasteiger charge is -1.97. The van der Waals surface area contributed by atoms with Gasteiger partial charge in [-0.2, -0.15) is 0 Å². The number of ketones is 1. The number of halogens is 1. The van der Waals surface area contributed by atoms with Gasteiger partial charge < -0.3 is 5.11 Å². The fraction of sp³-hybridized carbons (Fsp3) is 0.222. The van der Waals surface area contributed by atoms with E-state index in [0.717, 1.165) is 0 Å². The summed E-state index contributed by atoms with van der Waals surface area (Å²) in [6.07, 6.45) is 0.0889. The molecule has 2 nitrogen and oxygen atoms in total. The van der Waals surface area contributed by atoms with Crippen LogP contribution in [0.4, 0.5) is 4.39 Å². The van der Waals surface area contributed by atoms with Gasteiger partial charge >= 0.3 is 0 Å². The molecule has 12 heavy (non-hydrogen) atoms. The van der Waals surface area contributed by atoms with Crippen LogP contribution < -0.4 is 0 Å². The number of Topliss-reactive ketones (excluding diaryl/α,β-unsaturated/α-hetero) is 1. The van der Waals surface area contributed by atoms with Crippen molar-refractivity contribution in [2.75, 3.05) is 6.61 Å². The zero-order chi connectivity index (χ0) is 8.97. The Hall–Kier alpha value is -1.22. The number of benzene rings is 1. The van der Waals surface area contributed by atoms with Gasteiger partial charge in [0.1, 0.15) is 5.82 Å². The van der Waals surface area contributed by atoms with Crippen molar-refractivity contribution >= 4 is 5.78 Å². The molecule has 0 aromatic heterocycles. The van der Waals surface area contributed by atoms with Crippen LogP contribution in [0.5, 0.6) is 0 Å². The van der Waals surface area contributed by atoms with E-state index in [0.29, 0.717) is 5.56 Å². The highest BCUT2D eigenvalue weighted by molar-refractivity contribution is 5.96. The third-order valence-corrected chi connectivity index (χ3v) is 1.51. The highest BCUT2D eigenvalue weighted by Gasteiger charge is 2.03. The number of aliphatic hydroxyl groups excluding tert-OH is 1. The monoisotopic (exact) mass is 168 g/mol. The van der Waals surface area contributed by atoms with Crippen molar-refractivity contribution in [2.45, 2.75) is 6.42 Å². The minimum atomic E-state index is -0.365. The number of carbonyl (C=O) groups excluding carboxylic acids is 1. The second-order valence-electron chi connectivity index (χ2n) is 2.40. The second kappa shape index (κ2) is 3.97. The van der Waals surface area contributed by atoms with Gasteiger partial charge in [0.05, 0.1) is 6.61 Å². The summed E-state index contributed by atoms with van der Waals surface area (Å²) in [5.41, 5.74) is 0.436. The molecule has 3 heteroatoms. The van der Waals surface area contributed by atoms with E-state index >= 15 is 0 Å². The lowest BCUT2D eigenvalue weighted by atomic mass is 10.1. The molecule has 1 N–H and O–H groups in total. The lowest BCUT2D eigenvalue weighted by molar-refractivity contribution is 0.0956. The molecule has 0 fully saturated rings. The third-order valence-electron chi connectivity index (χ3n) is 1.51. The maximum Gasteiger partial charge on any atom is 0.165 e. The van der Waals surface area contributed by atoms with Gasteiger partial charge in [-0.15, -0.1) is 0 Å². The van der Waals surface area contributed by atoms with Crippen LogP contribution >= 0.6 is 0 Å². The van der Waals surface area contributed by atoms with E-state index in [1.54, 1.807) is 0 Å². The van der Waals surface area contributed by atoms with Gasteiger partial charge in [0.15, 0.2) is 5.78 Å². The van der Waals surface area contributed by atoms with Crippen molar-refractivity contribution in [3.8, 4) is 0 Å². The summed E-state index contributed by atoms with van der Waals surface area (Å²) >= 11 is 0. The Balaban J connectivity index is 2.75. The van der Waals surface area contributed by atoms with E-state index in [9.17, 15) is 9.18 Å². The maximum atomic E-state index is 12.4. The van der Waals surface area contributed by atoms with Crippen molar-refractivity contribution in [1.29, 1.82) is 0 Å². The van der Waals surface area contributed by atoms with E-state index in [1.807, 2.05) is 0 Å². The van der Waals surface area contributed by atoms with Gasteiger partial charge in [-0.05, 0) is 24.3 Å². The Morgan fingerprint density at radius 2 is 1.92 bits per heavy atom. The average Bonchev–Trinajstić information content (AvgIpc) is 2.06. The normalized spacial score (nSPS) is 9.83. The predicted molar refractivity (Wildman–Crippen MR) is 42.4 cm³/mol. The number of rotatable bonds is 3. The molecular weight excluding hydrogens is 159 g/mol. The lowest BCUT2D eigenvalue weighted by Crippen LogP contribution is -2.01. The van der Waals surface area contributed by atoms with E-state index < -0.39 is 0 Å². The van der Waals surface area contributed by atoms with Crippen LogP contribution in [-0.2, 0) is 0 Å². The minimum Gasteiger partial charge on any atom is -0.396 e. The smallest absolute Gasteiger partial charge is 0.165 e. The van der Waals surface area contributed by atoms with Gasteiger partial charge in [0.25, 0.3) is 0 Å². The molecule has 0 bridgehead atoms. The number of hydrogen-bond donors (Lipinski definition) is 1. The Labute approximate surface area is 69.6 Å². The molecule has 1 aromatic rings. The summed E-state index contributed by atoms with van der Waals surface area (Å²) in [6, 6.07) is 5.27. The molecule has 0 spiro atoms. The van der Waals surface area contributed by atoms with E-state index in [2.05, 4.69) is 0 Å². The first-order chi connectivity index (χ1) is 5.74. The molecule has 0 aliphatic rings. The Bertz CT molecular complexity index is 266. The first-order valence-corrected chi connectivity index (χ1v) is 3.63. The van der Waals surface area contributed by atoms with Crippen LogP contribution in [0, 0.1) is 5.82 Å². The Kier molecular flexibility index (Phi) is 2.94. The summed E-state index contributed by atoms with van der Waals surface area (Å²) in [5.74, 6) is -0.534. The molecule has 0 atom stereocenters. The van der Waals surface area contributed by atoms with Crippen molar-refractivity contribution in [3.63, 3.8) is 0 Å². The van der Waals surface area contributed by atoms with Gasteiger partial charge in [-0.3, -0.25) is 4.79 Å². The molecule has 0 unspecified atom stereocenters. The highest BCUT2D eigenvalue weighted by atomic mass is 19.1. The van der Waals surface area contributed by atoms with Crippen LogP contribution in [0.15, 0.2) is 24.3 Å². The summed E-state index contributed by atoms with van der Waals surface area (Å²) in [5, 5.41) is 8.46. The molecule has 64 valence electrons. The molecular formula is C9H9FO2. The highest BCUT2D eigenvalue weighted by Crippen LogP contribution is 2.04. The standard InChI is InChI=1S/C9H9FO2/c10-8-3-1-7(2-4-8)9(12)5-6-11/h1-4,11H,5-6H2. The molecule has 0 radical (unpaired) electrons. The largest absolute Gasteiger partial charge is 0.396 e. The van der Waals surface area contributed by atoms with Crippen molar-refractivity contribution in [2.24, 2.45) is 0 Å². The molecule has 0 aliphatic heterocycles. The number of carbonyl (C=O) groups is 1. The second-order valence-corrected chi connectivity index (χ2v) is 2.40. The van der Waals surface area contributed by atoms with Crippen LogP contribution in [0.2, 0.25) is 0 Å². The number of hydrogen-bond acceptors (Lipinski definition) is 2. The zero-order valence-corrected chi connectivity index (χ0v) is 6.46. The van der Waals surface area contributed by atoms with Crippen molar-refractivity contribution < 1.29 is 14.3 Å². The first kappa shape index (κ1) is 8.87. The molecule has 1 rings (SSSR count). The fourth-order valence-corrected chi connectivity index (χ4v) is 0.882. The Morgan fingerprint density at radius 3 is 2.42 bits per heavy atom. The van der Waals surface area contributed by atoms with E-state index in [-0.39, 0.29) is 24.6 Å². The molecule has 1 aromatic carbocycles. The van der Waals surface area contributed by atoms with Gasteiger partial charge in [-0.25, -0.2) is 4.39 Å². The molecule has 0 saturated heterocycles. The van der Waals surface area contributed by atoms with Gasteiger partial charge in [0.2, 0.25) is 0 Å². The first-order valence-electron chi connectivity index (χ1n) is 3.63. The third kappa shape index (κ3) is 2.13. The summed E-state index contributed by atoms with van der Waals surface area (Å²) in [6.45, 7) is -0.170. The molecule has 0 amide bonds. The van der Waals surface area contributed by atoms with Crippen LogP contribution in [-0.4, -0.2) is 17.5 Å². The van der Waals surface area contributed by atoms with Crippen molar-refractivity contribution in [1.82, 2.24) is 0 Å². The van der Waals surface area contributed by atoms with E-state index in [4.69, 9.17) is 5.11 Å². The summed E-state index contributed by atoms with van der Waals surface area (Å²) in [4.78, 5) is 11.1. The fourth-order valence-electron chi connectivity index (χ4n) is 0.882. The van der Waals surface area contributed by atoms with Gasteiger partial charge in [-0.1, -0.05) is 0 Å². The van der Waals surface area contributed by atoms with Crippen molar-refractivity contribution in [3.05, 3.63) is 35.6 Å². The maximum absolute atomic E-state index is 12.4. The van der Waals surface area contributed by atoms with Crippen LogP contribution in [0.1, 0.15) is 16.8 Å². The summed E-state index contributed by atoms with van der Waals surface area (Å²) < 4.78 is 12.4. The molecule has 0 saturated carbocycles. The Morgan fingerprint density at radius 1 is 1.33 bits per heavy atom. The predicted octanol–water partition coefficient (Wildman–Crippen LogP) is 1.39. The minimum absolute atomic E-state index is 0.0889. The molecule has 0 aliphatic carbocycles. The quantitative estimate of drug-likeness (QED) is 0.692. The summed E-state index contributed by atoms with van der Waals surface area (Å²) in [7, 11) is 0. The SMILES string of the molecule is O=C(CCO)c1ccc(F)cc1. The van der Waals surface area contributed by atoms with Gasteiger partial charge in [0, 0.05) is 12.0 Å². The number of aliphatic hydroxyl groups is 1. The zero-order valence-electron chi connectivity index (χ0n) is 6.46. The topological polar surface area (TPSA) is 37.3 Å². The van der Waals surface area contributed by atoms with Crippen LogP contribution in [0.3, 0.4) is 0 Å².